The molecule has 1 aromatic carbocycles. The summed E-state index contributed by atoms with van der Waals surface area (Å²) < 4.78 is 5.85. The molecule has 3 nitrogen and oxygen atoms in total. The maximum atomic E-state index is 5.85. The summed E-state index contributed by atoms with van der Waals surface area (Å²) >= 11 is 3.62. The fraction of sp³-hybridized carbons (Fsp3) is 0.294. The average molecular weight is 330 g/mol. The average Bonchev–Trinajstić information content (AvgIpc) is 3.20. The van der Waals surface area contributed by atoms with E-state index in [-0.39, 0.29) is 5.25 Å². The van der Waals surface area contributed by atoms with Gasteiger partial charge in [0.2, 0.25) is 11.8 Å². The lowest BCUT2D eigenvalue weighted by atomic mass is 10.1. The Labute approximate surface area is 138 Å². The Morgan fingerprint density at radius 3 is 2.50 bits per heavy atom. The standard InChI is InChI=1S/C17H18N2OS2/c1-11-6-8-14(9-7-11)17-19-18-16(20-17)13(3)22-12(2)15-5-4-10-21-15/h4-10,12-13H,1-3H3/t12-,13-/m0/s1. The predicted octanol–water partition coefficient (Wildman–Crippen LogP) is 5.66. The minimum atomic E-state index is 0.170. The highest BCUT2D eigenvalue weighted by Crippen LogP contribution is 2.41. The zero-order chi connectivity index (χ0) is 15.5. The SMILES string of the molecule is Cc1ccc(-c2nnc([C@H](C)S[C@@H](C)c3cccs3)o2)cc1. The van der Waals surface area contributed by atoms with Gasteiger partial charge < -0.3 is 4.42 Å². The van der Waals surface area contributed by atoms with Crippen LogP contribution in [0.1, 0.15) is 40.7 Å². The van der Waals surface area contributed by atoms with Crippen molar-refractivity contribution in [1.29, 1.82) is 0 Å². The van der Waals surface area contributed by atoms with Gasteiger partial charge in [0, 0.05) is 15.7 Å². The lowest BCUT2D eigenvalue weighted by Crippen LogP contribution is -1.92. The Morgan fingerprint density at radius 2 is 1.82 bits per heavy atom. The van der Waals surface area contributed by atoms with Gasteiger partial charge in [-0.15, -0.1) is 33.3 Å². The normalized spacial score (nSPS) is 14.0. The first-order valence-electron chi connectivity index (χ1n) is 7.23. The van der Waals surface area contributed by atoms with E-state index < -0.39 is 0 Å². The summed E-state index contributed by atoms with van der Waals surface area (Å²) in [6, 6.07) is 12.4. The van der Waals surface area contributed by atoms with Gasteiger partial charge in [0.15, 0.2) is 0 Å². The molecule has 0 aliphatic carbocycles. The number of thioether (sulfide) groups is 1. The Bertz CT molecular complexity index is 719. The van der Waals surface area contributed by atoms with Gasteiger partial charge >= 0.3 is 0 Å². The molecule has 2 heterocycles. The van der Waals surface area contributed by atoms with Crippen LogP contribution in [0.15, 0.2) is 46.2 Å². The van der Waals surface area contributed by atoms with Crippen LogP contribution in [-0.4, -0.2) is 10.2 Å². The molecule has 5 heteroatoms. The third kappa shape index (κ3) is 3.42. The monoisotopic (exact) mass is 330 g/mol. The van der Waals surface area contributed by atoms with Gasteiger partial charge in [0.05, 0.1) is 5.25 Å². The van der Waals surface area contributed by atoms with Crippen LogP contribution in [0.2, 0.25) is 0 Å². The van der Waals surface area contributed by atoms with Crippen LogP contribution in [0, 0.1) is 6.92 Å². The lowest BCUT2D eigenvalue weighted by Gasteiger charge is -2.12. The van der Waals surface area contributed by atoms with Crippen molar-refractivity contribution in [2.75, 3.05) is 0 Å². The highest BCUT2D eigenvalue weighted by Gasteiger charge is 2.19. The van der Waals surface area contributed by atoms with Crippen LogP contribution in [0.25, 0.3) is 11.5 Å². The van der Waals surface area contributed by atoms with E-state index in [0.29, 0.717) is 17.0 Å². The number of nitrogens with zero attached hydrogens (tertiary/aromatic N) is 2. The summed E-state index contributed by atoms with van der Waals surface area (Å²) in [7, 11) is 0. The van der Waals surface area contributed by atoms with Crippen molar-refractivity contribution in [3.8, 4) is 11.5 Å². The summed E-state index contributed by atoms with van der Waals surface area (Å²) in [6.07, 6.45) is 0. The van der Waals surface area contributed by atoms with Crippen LogP contribution in [-0.2, 0) is 0 Å². The molecule has 2 aromatic heterocycles. The van der Waals surface area contributed by atoms with E-state index in [1.54, 1.807) is 11.3 Å². The van der Waals surface area contributed by atoms with Crippen LogP contribution in [0.4, 0.5) is 0 Å². The molecule has 0 aliphatic heterocycles. The van der Waals surface area contributed by atoms with Gasteiger partial charge in [-0.25, -0.2) is 0 Å². The second kappa shape index (κ2) is 6.67. The number of rotatable bonds is 5. The molecule has 0 bridgehead atoms. The third-order valence-corrected chi connectivity index (χ3v) is 5.92. The van der Waals surface area contributed by atoms with Gasteiger partial charge in [-0.2, -0.15) is 0 Å². The first-order valence-corrected chi connectivity index (χ1v) is 9.05. The zero-order valence-corrected chi connectivity index (χ0v) is 14.4. The molecule has 0 saturated carbocycles. The van der Waals surface area contributed by atoms with Crippen molar-refractivity contribution >= 4 is 23.1 Å². The predicted molar refractivity (Wildman–Crippen MR) is 93.2 cm³/mol. The second-order valence-electron chi connectivity index (χ2n) is 5.25. The Hall–Kier alpha value is -1.59. The van der Waals surface area contributed by atoms with Crippen molar-refractivity contribution in [3.05, 3.63) is 58.1 Å². The van der Waals surface area contributed by atoms with Crippen LogP contribution in [0.5, 0.6) is 0 Å². The molecule has 0 saturated heterocycles. The van der Waals surface area contributed by atoms with Crippen molar-refractivity contribution in [2.45, 2.75) is 31.3 Å². The third-order valence-electron chi connectivity index (χ3n) is 3.44. The molecule has 3 aromatic rings. The van der Waals surface area contributed by atoms with E-state index in [1.807, 2.05) is 23.9 Å². The van der Waals surface area contributed by atoms with Crippen molar-refractivity contribution in [2.24, 2.45) is 0 Å². The number of hydrogen-bond acceptors (Lipinski definition) is 5. The van der Waals surface area contributed by atoms with Gasteiger partial charge in [0.25, 0.3) is 0 Å². The zero-order valence-electron chi connectivity index (χ0n) is 12.8. The molecule has 0 unspecified atom stereocenters. The molecule has 0 radical (unpaired) electrons. The topological polar surface area (TPSA) is 38.9 Å². The van der Waals surface area contributed by atoms with Crippen molar-refractivity contribution < 1.29 is 4.42 Å². The van der Waals surface area contributed by atoms with E-state index in [1.165, 1.54) is 10.4 Å². The quantitative estimate of drug-likeness (QED) is 0.605. The van der Waals surface area contributed by atoms with E-state index in [4.69, 9.17) is 4.42 Å². The molecule has 3 rings (SSSR count). The maximum Gasteiger partial charge on any atom is 0.247 e. The fourth-order valence-electron chi connectivity index (χ4n) is 2.17. The first-order chi connectivity index (χ1) is 10.6. The fourth-order valence-corrected chi connectivity index (χ4v) is 4.20. The van der Waals surface area contributed by atoms with Crippen molar-refractivity contribution in [1.82, 2.24) is 10.2 Å². The molecule has 0 fully saturated rings. The number of benzene rings is 1. The number of hydrogen-bond donors (Lipinski definition) is 0. The minimum Gasteiger partial charge on any atom is -0.420 e. The van der Waals surface area contributed by atoms with Crippen LogP contribution in [0.3, 0.4) is 0 Å². The molecule has 114 valence electrons. The Morgan fingerprint density at radius 1 is 1.05 bits per heavy atom. The largest absolute Gasteiger partial charge is 0.420 e. The first kappa shape index (κ1) is 15.3. The van der Waals surface area contributed by atoms with E-state index in [0.717, 1.165) is 5.56 Å². The highest BCUT2D eigenvalue weighted by atomic mass is 32.2. The van der Waals surface area contributed by atoms with E-state index >= 15 is 0 Å². The number of thiophene rings is 1. The Kier molecular flexibility index (Phi) is 4.64. The summed E-state index contributed by atoms with van der Waals surface area (Å²) in [4.78, 5) is 1.37. The molecule has 2 atom stereocenters. The molecule has 0 amide bonds. The molecular formula is C17H18N2OS2. The molecule has 0 aliphatic rings. The second-order valence-corrected chi connectivity index (χ2v) is 7.91. The van der Waals surface area contributed by atoms with Crippen LogP contribution >= 0.6 is 23.1 Å². The maximum absolute atomic E-state index is 5.85. The van der Waals surface area contributed by atoms with Crippen LogP contribution < -0.4 is 0 Å². The van der Waals surface area contributed by atoms with Gasteiger partial charge in [0.1, 0.15) is 0 Å². The van der Waals surface area contributed by atoms with Gasteiger partial charge in [-0.3, -0.25) is 0 Å². The molecule has 0 N–H and O–H groups in total. The van der Waals surface area contributed by atoms with Crippen molar-refractivity contribution in [3.63, 3.8) is 0 Å². The molecular weight excluding hydrogens is 312 g/mol. The summed E-state index contributed by atoms with van der Waals surface area (Å²) in [6.45, 7) is 6.39. The Balaban J connectivity index is 1.71. The van der Waals surface area contributed by atoms with Gasteiger partial charge in [-0.05, 0) is 44.4 Å². The summed E-state index contributed by atoms with van der Waals surface area (Å²) in [5.74, 6) is 1.27. The highest BCUT2D eigenvalue weighted by molar-refractivity contribution is 7.99. The molecule has 22 heavy (non-hydrogen) atoms. The summed E-state index contributed by atoms with van der Waals surface area (Å²) in [5, 5.41) is 11.1. The van der Waals surface area contributed by atoms with Gasteiger partial charge in [-0.1, -0.05) is 23.8 Å². The smallest absolute Gasteiger partial charge is 0.247 e. The lowest BCUT2D eigenvalue weighted by molar-refractivity contribution is 0.509. The minimum absolute atomic E-state index is 0.170. The van der Waals surface area contributed by atoms with E-state index in [2.05, 4.69) is 60.6 Å². The number of aromatic nitrogens is 2. The summed E-state index contributed by atoms with van der Waals surface area (Å²) in [5.41, 5.74) is 2.19. The number of aryl methyl sites for hydroxylation is 1. The molecule has 0 spiro atoms. The van der Waals surface area contributed by atoms with E-state index in [9.17, 15) is 0 Å².